The Balaban J connectivity index is 2.31. The minimum absolute atomic E-state index is 0.378. The topological polar surface area (TPSA) is 38.0 Å². The Kier molecular flexibility index (Phi) is 3.38. The van der Waals surface area contributed by atoms with Crippen molar-refractivity contribution >= 4 is 17.1 Å². The number of nitrogens with two attached hydrogens (primary N) is 1. The molecule has 3 N–H and O–H groups in total. The lowest BCUT2D eigenvalue weighted by Gasteiger charge is -2.12. The van der Waals surface area contributed by atoms with Crippen molar-refractivity contribution in [2.75, 3.05) is 11.1 Å². The molecule has 100 valence electrons. The molecule has 19 heavy (non-hydrogen) atoms. The summed E-state index contributed by atoms with van der Waals surface area (Å²) in [6, 6.07) is 10.3. The molecule has 0 saturated carbocycles. The van der Waals surface area contributed by atoms with E-state index in [4.69, 9.17) is 5.73 Å². The number of benzene rings is 2. The number of halogens is 3. The molecule has 0 amide bonds. The van der Waals surface area contributed by atoms with Gasteiger partial charge in [0, 0.05) is 17.1 Å². The van der Waals surface area contributed by atoms with Crippen LogP contribution in [0.15, 0.2) is 42.5 Å². The second-order valence-electron chi connectivity index (χ2n) is 4.28. The van der Waals surface area contributed by atoms with Crippen LogP contribution in [0.2, 0.25) is 0 Å². The van der Waals surface area contributed by atoms with E-state index in [-0.39, 0.29) is 0 Å². The fraction of sp³-hybridized carbons (Fsp3) is 0.143. The van der Waals surface area contributed by atoms with Crippen molar-refractivity contribution in [1.29, 1.82) is 0 Å². The second kappa shape index (κ2) is 4.84. The molecule has 0 bridgehead atoms. The number of alkyl halides is 3. The van der Waals surface area contributed by atoms with Crippen LogP contribution < -0.4 is 11.1 Å². The molecule has 0 heterocycles. The quantitative estimate of drug-likeness (QED) is 0.793. The molecule has 0 aliphatic carbocycles. The first kappa shape index (κ1) is 13.3. The molecule has 0 aliphatic rings. The number of anilines is 3. The predicted octanol–water partition coefficient (Wildman–Crippen LogP) is 4.34. The van der Waals surface area contributed by atoms with Crippen LogP contribution in [0.3, 0.4) is 0 Å². The molecule has 2 aromatic carbocycles. The van der Waals surface area contributed by atoms with E-state index >= 15 is 0 Å². The van der Waals surface area contributed by atoms with E-state index in [1.54, 1.807) is 18.2 Å². The third-order valence-corrected chi connectivity index (χ3v) is 2.73. The lowest BCUT2D eigenvalue weighted by Crippen LogP contribution is -2.05. The van der Waals surface area contributed by atoms with E-state index in [1.165, 1.54) is 6.07 Å². The zero-order valence-electron chi connectivity index (χ0n) is 10.3. The standard InChI is InChI=1S/C14H13F3N2/c1-9-5-6-11(18)8-13(9)19-12-4-2-3-10(7-12)14(15,16)17/h2-8,19H,18H2,1H3. The minimum atomic E-state index is -4.34. The largest absolute Gasteiger partial charge is 0.416 e. The molecule has 0 aromatic heterocycles. The predicted molar refractivity (Wildman–Crippen MR) is 70.3 cm³/mol. The molecule has 5 heteroatoms. The lowest BCUT2D eigenvalue weighted by atomic mass is 10.1. The number of hydrogen-bond donors (Lipinski definition) is 2. The van der Waals surface area contributed by atoms with E-state index in [9.17, 15) is 13.2 Å². The van der Waals surface area contributed by atoms with Gasteiger partial charge in [-0.1, -0.05) is 12.1 Å². The molecular formula is C14H13F3N2. The molecule has 0 radical (unpaired) electrons. The summed E-state index contributed by atoms with van der Waals surface area (Å²) >= 11 is 0. The van der Waals surface area contributed by atoms with Gasteiger partial charge >= 0.3 is 6.18 Å². The Morgan fingerprint density at radius 3 is 2.47 bits per heavy atom. The van der Waals surface area contributed by atoms with E-state index < -0.39 is 11.7 Å². The van der Waals surface area contributed by atoms with Gasteiger partial charge in [0.2, 0.25) is 0 Å². The van der Waals surface area contributed by atoms with Gasteiger partial charge < -0.3 is 11.1 Å². The highest BCUT2D eigenvalue weighted by Crippen LogP contribution is 2.32. The maximum atomic E-state index is 12.6. The van der Waals surface area contributed by atoms with Gasteiger partial charge in [0.15, 0.2) is 0 Å². The van der Waals surface area contributed by atoms with Crippen LogP contribution in [0.5, 0.6) is 0 Å². The SMILES string of the molecule is Cc1ccc(N)cc1Nc1cccc(C(F)(F)F)c1. The van der Waals surface area contributed by atoms with Gasteiger partial charge in [-0.3, -0.25) is 0 Å². The average molecular weight is 266 g/mol. The monoisotopic (exact) mass is 266 g/mol. The molecule has 0 fully saturated rings. The van der Waals surface area contributed by atoms with Crippen molar-refractivity contribution < 1.29 is 13.2 Å². The highest BCUT2D eigenvalue weighted by atomic mass is 19.4. The lowest BCUT2D eigenvalue weighted by molar-refractivity contribution is -0.137. The molecule has 2 rings (SSSR count). The van der Waals surface area contributed by atoms with E-state index in [0.717, 1.165) is 17.7 Å². The summed E-state index contributed by atoms with van der Waals surface area (Å²) in [6.07, 6.45) is -4.34. The Morgan fingerprint density at radius 1 is 1.05 bits per heavy atom. The molecule has 0 atom stereocenters. The van der Waals surface area contributed by atoms with Gasteiger partial charge in [-0.15, -0.1) is 0 Å². The van der Waals surface area contributed by atoms with Gasteiger partial charge in [0.05, 0.1) is 5.56 Å². The Bertz CT molecular complexity index is 591. The summed E-state index contributed by atoms with van der Waals surface area (Å²) in [7, 11) is 0. The molecule has 0 spiro atoms. The fourth-order valence-electron chi connectivity index (χ4n) is 1.70. The summed E-state index contributed by atoms with van der Waals surface area (Å²) in [5.74, 6) is 0. The highest BCUT2D eigenvalue weighted by molar-refractivity contribution is 5.67. The summed E-state index contributed by atoms with van der Waals surface area (Å²) < 4.78 is 37.8. The van der Waals surface area contributed by atoms with Crippen LogP contribution in [0.25, 0.3) is 0 Å². The summed E-state index contributed by atoms with van der Waals surface area (Å²) in [5.41, 5.74) is 7.52. The molecule has 0 saturated heterocycles. The van der Waals surface area contributed by atoms with Gasteiger partial charge in [-0.2, -0.15) is 13.2 Å². The molecule has 0 unspecified atom stereocenters. The van der Waals surface area contributed by atoms with E-state index in [1.807, 2.05) is 13.0 Å². The van der Waals surface area contributed by atoms with Crippen molar-refractivity contribution in [3.63, 3.8) is 0 Å². The number of hydrogen-bond acceptors (Lipinski definition) is 2. The smallest absolute Gasteiger partial charge is 0.399 e. The van der Waals surface area contributed by atoms with Gasteiger partial charge in [0.1, 0.15) is 0 Å². The minimum Gasteiger partial charge on any atom is -0.399 e. The van der Waals surface area contributed by atoms with Crippen molar-refractivity contribution in [1.82, 2.24) is 0 Å². The molecular weight excluding hydrogens is 253 g/mol. The van der Waals surface area contributed by atoms with Crippen LogP contribution >= 0.6 is 0 Å². The number of rotatable bonds is 2. The van der Waals surface area contributed by atoms with Crippen LogP contribution in [-0.4, -0.2) is 0 Å². The Labute approximate surface area is 109 Å². The van der Waals surface area contributed by atoms with Crippen molar-refractivity contribution in [2.24, 2.45) is 0 Å². The third kappa shape index (κ3) is 3.19. The zero-order chi connectivity index (χ0) is 14.0. The fourth-order valence-corrected chi connectivity index (χ4v) is 1.70. The third-order valence-electron chi connectivity index (χ3n) is 2.73. The summed E-state index contributed by atoms with van der Waals surface area (Å²) in [6.45, 7) is 1.86. The Morgan fingerprint density at radius 2 is 1.79 bits per heavy atom. The van der Waals surface area contributed by atoms with Gasteiger partial charge in [-0.05, 0) is 42.8 Å². The maximum Gasteiger partial charge on any atom is 0.416 e. The first-order chi connectivity index (χ1) is 8.86. The van der Waals surface area contributed by atoms with E-state index in [2.05, 4.69) is 5.32 Å². The van der Waals surface area contributed by atoms with E-state index in [0.29, 0.717) is 17.1 Å². The van der Waals surface area contributed by atoms with Crippen molar-refractivity contribution in [3.05, 3.63) is 53.6 Å². The normalized spacial score (nSPS) is 11.4. The first-order valence-corrected chi connectivity index (χ1v) is 5.67. The van der Waals surface area contributed by atoms with Crippen molar-refractivity contribution in [2.45, 2.75) is 13.1 Å². The Hall–Kier alpha value is -2.17. The van der Waals surface area contributed by atoms with Crippen LogP contribution in [-0.2, 0) is 6.18 Å². The average Bonchev–Trinajstić information content (AvgIpc) is 2.33. The number of aryl methyl sites for hydroxylation is 1. The maximum absolute atomic E-state index is 12.6. The molecule has 2 nitrogen and oxygen atoms in total. The first-order valence-electron chi connectivity index (χ1n) is 5.67. The van der Waals surface area contributed by atoms with Crippen LogP contribution in [0.4, 0.5) is 30.2 Å². The molecule has 2 aromatic rings. The number of nitrogens with one attached hydrogen (secondary N) is 1. The highest BCUT2D eigenvalue weighted by Gasteiger charge is 2.30. The zero-order valence-corrected chi connectivity index (χ0v) is 10.3. The summed E-state index contributed by atoms with van der Waals surface area (Å²) in [5, 5.41) is 2.95. The molecule has 0 aliphatic heterocycles. The van der Waals surface area contributed by atoms with Crippen LogP contribution in [0, 0.1) is 6.92 Å². The van der Waals surface area contributed by atoms with Crippen LogP contribution in [0.1, 0.15) is 11.1 Å². The van der Waals surface area contributed by atoms with Gasteiger partial charge in [0.25, 0.3) is 0 Å². The second-order valence-corrected chi connectivity index (χ2v) is 4.28. The number of nitrogen functional groups attached to an aromatic ring is 1. The van der Waals surface area contributed by atoms with Crippen molar-refractivity contribution in [3.8, 4) is 0 Å². The van der Waals surface area contributed by atoms with Gasteiger partial charge in [-0.25, -0.2) is 0 Å². The summed E-state index contributed by atoms with van der Waals surface area (Å²) in [4.78, 5) is 0.